The van der Waals surface area contributed by atoms with Crippen molar-refractivity contribution in [2.45, 2.75) is 17.4 Å². The van der Waals surface area contributed by atoms with E-state index in [1.54, 1.807) is 48.7 Å². The summed E-state index contributed by atoms with van der Waals surface area (Å²) in [5.41, 5.74) is 5.48. The molecular formula is C33H23Cl2N3O4. The van der Waals surface area contributed by atoms with Crippen molar-refractivity contribution in [2.75, 3.05) is 4.90 Å². The first-order chi connectivity index (χ1) is 20.3. The number of hydrogen-bond acceptors (Lipinski definition) is 5. The molecule has 0 unspecified atom stereocenters. The Bertz CT molecular complexity index is 1760. The number of nitrogens with zero attached hydrogens (tertiary/aromatic N) is 2. The third kappa shape index (κ3) is 3.71. The molecule has 3 amide bonds. The molecule has 3 atom stereocenters. The number of carbonyl (C=O) groups is 3. The van der Waals surface area contributed by atoms with Crippen LogP contribution < -0.4 is 10.3 Å². The number of aliphatic hydroxyl groups is 1. The molecule has 7 nitrogen and oxygen atoms in total. The highest BCUT2D eigenvalue weighted by Gasteiger charge is 2.68. The molecule has 1 fully saturated rings. The molecule has 2 N–H and O–H groups in total. The summed E-state index contributed by atoms with van der Waals surface area (Å²) in [6.07, 6.45) is 0.110. The van der Waals surface area contributed by atoms with E-state index in [-0.39, 0.29) is 22.5 Å². The zero-order valence-electron chi connectivity index (χ0n) is 21.9. The van der Waals surface area contributed by atoms with Gasteiger partial charge in [0.05, 0.1) is 28.0 Å². The highest BCUT2D eigenvalue weighted by atomic mass is 35.5. The molecule has 4 aliphatic rings. The first-order valence-corrected chi connectivity index (χ1v) is 14.2. The van der Waals surface area contributed by atoms with E-state index in [9.17, 15) is 19.5 Å². The standard InChI is InChI=1S/C33H23Cl2N3O4/c34-19-14-15-25(24(35)16-19)38-31(41)27-26-20-10-4-6-12-22(20)33(28(27)32(38)42,23-13-7-5-11-21(23)26)17-36-37-30(40)29(39)18-8-2-1-3-9-18/h1-17,26-29,39H,(H,37,40)/b36-17-/t26?,27-,28+,29+,33?/m0/s1. The SMILES string of the molecule is O=C(N/N=C\C12c3ccccc3C(c3ccccc31)[C@@H]1C(=O)N(c3ccc(Cl)cc3Cl)C(=O)[C@@H]12)[C@H](O)c1ccccc1. The molecule has 42 heavy (non-hydrogen) atoms. The molecule has 208 valence electrons. The monoisotopic (exact) mass is 595 g/mol. The Balaban J connectivity index is 1.38. The van der Waals surface area contributed by atoms with Gasteiger partial charge >= 0.3 is 0 Å². The number of hydrogen-bond donors (Lipinski definition) is 2. The molecule has 0 spiro atoms. The van der Waals surface area contributed by atoms with Crippen molar-refractivity contribution >= 4 is 52.8 Å². The highest BCUT2D eigenvalue weighted by molar-refractivity contribution is 6.38. The average molecular weight is 596 g/mol. The Hall–Kier alpha value is -4.30. The lowest BCUT2D eigenvalue weighted by Crippen LogP contribution is -2.54. The van der Waals surface area contributed by atoms with Crippen molar-refractivity contribution in [3.8, 4) is 0 Å². The van der Waals surface area contributed by atoms with Crippen LogP contribution in [0.3, 0.4) is 0 Å². The maximum absolute atomic E-state index is 14.4. The molecule has 2 bridgehead atoms. The smallest absolute Gasteiger partial charge is 0.273 e. The van der Waals surface area contributed by atoms with E-state index >= 15 is 0 Å². The lowest BCUT2D eigenvalue weighted by molar-refractivity contribution is -0.129. The molecule has 8 rings (SSSR count). The van der Waals surface area contributed by atoms with E-state index in [0.29, 0.717) is 10.6 Å². The Labute approximate surface area is 251 Å². The normalized spacial score (nSPS) is 24.4. The fourth-order valence-corrected chi connectivity index (χ4v) is 7.49. The van der Waals surface area contributed by atoms with Crippen LogP contribution in [0.1, 0.15) is 39.8 Å². The van der Waals surface area contributed by atoms with Gasteiger partial charge in [-0.15, -0.1) is 0 Å². The number of anilines is 1. The molecule has 4 aromatic rings. The second-order valence-corrected chi connectivity index (χ2v) is 11.5. The van der Waals surface area contributed by atoms with Crippen LogP contribution in [0.15, 0.2) is 102 Å². The third-order valence-corrected chi connectivity index (χ3v) is 9.18. The molecule has 4 aromatic carbocycles. The number of hydrazone groups is 1. The van der Waals surface area contributed by atoms with Gasteiger partial charge in [-0.05, 0) is 46.0 Å². The number of aliphatic hydroxyl groups excluding tert-OH is 1. The predicted octanol–water partition coefficient (Wildman–Crippen LogP) is 5.38. The van der Waals surface area contributed by atoms with Gasteiger partial charge < -0.3 is 5.11 Å². The number of halogens is 2. The van der Waals surface area contributed by atoms with Crippen molar-refractivity contribution in [3.05, 3.63) is 135 Å². The number of rotatable bonds is 5. The van der Waals surface area contributed by atoms with Gasteiger partial charge in [0.15, 0.2) is 6.10 Å². The molecule has 0 radical (unpaired) electrons. The fourth-order valence-electron chi connectivity index (χ4n) is 7.00. The number of amides is 3. The first-order valence-electron chi connectivity index (χ1n) is 13.4. The zero-order chi connectivity index (χ0) is 29.2. The minimum atomic E-state index is -1.44. The second-order valence-electron chi connectivity index (χ2n) is 10.7. The van der Waals surface area contributed by atoms with E-state index in [4.69, 9.17) is 23.2 Å². The van der Waals surface area contributed by atoms with Crippen LogP contribution in [-0.4, -0.2) is 29.0 Å². The number of imide groups is 1. The van der Waals surface area contributed by atoms with E-state index in [2.05, 4.69) is 10.5 Å². The molecule has 9 heteroatoms. The summed E-state index contributed by atoms with van der Waals surface area (Å²) in [5.74, 6) is -3.44. The van der Waals surface area contributed by atoms with Gasteiger partial charge in [-0.3, -0.25) is 14.4 Å². The number of carbonyl (C=O) groups excluding carboxylic acids is 3. The average Bonchev–Trinajstić information content (AvgIpc) is 3.28. The van der Waals surface area contributed by atoms with Gasteiger partial charge in [0.25, 0.3) is 5.91 Å². The lowest BCUT2D eigenvalue weighted by Gasteiger charge is -2.52. The first kappa shape index (κ1) is 26.6. The maximum atomic E-state index is 14.4. The molecule has 1 heterocycles. The number of benzene rings is 4. The summed E-state index contributed by atoms with van der Waals surface area (Å²) in [5, 5.41) is 15.5. The van der Waals surface area contributed by atoms with Crippen molar-refractivity contribution < 1.29 is 19.5 Å². The Morgan fingerprint density at radius 3 is 2.14 bits per heavy atom. The van der Waals surface area contributed by atoms with E-state index in [1.165, 1.54) is 11.0 Å². The largest absolute Gasteiger partial charge is 0.378 e. The summed E-state index contributed by atoms with van der Waals surface area (Å²) < 4.78 is 0. The quantitative estimate of drug-likeness (QED) is 0.184. The summed E-state index contributed by atoms with van der Waals surface area (Å²) in [6.45, 7) is 0. The summed E-state index contributed by atoms with van der Waals surface area (Å²) in [7, 11) is 0. The maximum Gasteiger partial charge on any atom is 0.273 e. The molecule has 0 saturated carbocycles. The van der Waals surface area contributed by atoms with E-state index in [1.807, 2.05) is 48.5 Å². The van der Waals surface area contributed by atoms with Gasteiger partial charge in [-0.2, -0.15) is 5.10 Å². The highest BCUT2D eigenvalue weighted by Crippen LogP contribution is 2.63. The van der Waals surface area contributed by atoms with Crippen molar-refractivity contribution in [2.24, 2.45) is 16.9 Å². The summed E-state index contributed by atoms with van der Waals surface area (Å²) in [6, 6.07) is 28.6. The topological polar surface area (TPSA) is 99.1 Å². The summed E-state index contributed by atoms with van der Waals surface area (Å²) >= 11 is 12.6. The van der Waals surface area contributed by atoms with Crippen LogP contribution in [-0.2, 0) is 19.8 Å². The minimum absolute atomic E-state index is 0.190. The summed E-state index contributed by atoms with van der Waals surface area (Å²) in [4.78, 5) is 42.7. The van der Waals surface area contributed by atoms with Crippen LogP contribution in [0.25, 0.3) is 0 Å². The van der Waals surface area contributed by atoms with Gasteiger partial charge in [0.2, 0.25) is 11.8 Å². The molecular weight excluding hydrogens is 573 g/mol. The Morgan fingerprint density at radius 2 is 1.50 bits per heavy atom. The van der Waals surface area contributed by atoms with Crippen LogP contribution in [0, 0.1) is 11.8 Å². The number of nitrogens with one attached hydrogen (secondary N) is 1. The fraction of sp³-hybridized carbons (Fsp3) is 0.152. The molecule has 1 saturated heterocycles. The Morgan fingerprint density at radius 1 is 0.881 bits per heavy atom. The Kier molecular flexibility index (Phi) is 6.27. The van der Waals surface area contributed by atoms with Crippen LogP contribution in [0.2, 0.25) is 10.0 Å². The van der Waals surface area contributed by atoms with Gasteiger partial charge in [-0.25, -0.2) is 10.3 Å². The minimum Gasteiger partial charge on any atom is -0.378 e. The van der Waals surface area contributed by atoms with E-state index < -0.39 is 35.2 Å². The van der Waals surface area contributed by atoms with E-state index in [0.717, 1.165) is 22.3 Å². The molecule has 0 aromatic heterocycles. The predicted molar refractivity (Wildman–Crippen MR) is 159 cm³/mol. The van der Waals surface area contributed by atoms with Gasteiger partial charge in [-0.1, -0.05) is 102 Å². The van der Waals surface area contributed by atoms with Crippen molar-refractivity contribution in [1.29, 1.82) is 0 Å². The third-order valence-electron chi connectivity index (χ3n) is 8.64. The second kappa shape index (κ2) is 9.91. The lowest BCUT2D eigenvalue weighted by atomic mass is 9.47. The van der Waals surface area contributed by atoms with Crippen LogP contribution in [0.4, 0.5) is 5.69 Å². The molecule has 3 aliphatic carbocycles. The zero-order valence-corrected chi connectivity index (χ0v) is 23.5. The van der Waals surface area contributed by atoms with Gasteiger partial charge in [0.1, 0.15) is 0 Å². The van der Waals surface area contributed by atoms with Crippen LogP contribution in [0.5, 0.6) is 0 Å². The molecule has 1 aliphatic heterocycles. The van der Waals surface area contributed by atoms with Crippen LogP contribution >= 0.6 is 23.2 Å². The van der Waals surface area contributed by atoms with Crippen molar-refractivity contribution in [3.63, 3.8) is 0 Å². The van der Waals surface area contributed by atoms with Crippen molar-refractivity contribution in [1.82, 2.24) is 5.43 Å². The van der Waals surface area contributed by atoms with Gasteiger partial charge in [0, 0.05) is 17.2 Å².